The van der Waals surface area contributed by atoms with Crippen molar-refractivity contribution in [2.24, 2.45) is 11.5 Å². The predicted molar refractivity (Wildman–Crippen MR) is 75.4 cm³/mol. The van der Waals surface area contributed by atoms with Crippen molar-refractivity contribution in [2.45, 2.75) is 12.5 Å². The number of hydrogen-bond donors (Lipinski definition) is 2. The molecule has 0 aliphatic carbocycles. The Balaban J connectivity index is 1.90. The van der Waals surface area contributed by atoms with Crippen LogP contribution >= 0.6 is 0 Å². The molecule has 102 valence electrons. The molecule has 5 heteroatoms. The van der Waals surface area contributed by atoms with E-state index in [0.717, 1.165) is 29.0 Å². The summed E-state index contributed by atoms with van der Waals surface area (Å²) in [6.45, 7) is 0.509. The molecule has 2 heterocycles. The summed E-state index contributed by atoms with van der Waals surface area (Å²) in [6, 6.07) is 9.40. The molecule has 0 saturated heterocycles. The maximum atomic E-state index is 11.0. The molecule has 20 heavy (non-hydrogen) atoms. The van der Waals surface area contributed by atoms with Crippen molar-refractivity contribution in [1.82, 2.24) is 4.98 Å². The van der Waals surface area contributed by atoms with E-state index in [1.165, 1.54) is 6.20 Å². The van der Waals surface area contributed by atoms with Crippen LogP contribution < -0.4 is 16.2 Å². The zero-order valence-electron chi connectivity index (χ0n) is 10.9. The normalized spacial score (nSPS) is 16.6. The standard InChI is InChI=1S/C15H15N3O2/c16-7-12-6-11-5-9(2-4-14(11)20-12)13-3-1-10(8-18-13)15(17)19/h1-5,8,12H,6-7,16H2,(H2,17,19). The Hall–Kier alpha value is -2.40. The number of nitrogens with two attached hydrogens (primary N) is 2. The van der Waals surface area contributed by atoms with Crippen LogP contribution in [0.15, 0.2) is 36.5 Å². The van der Waals surface area contributed by atoms with E-state index in [1.54, 1.807) is 12.1 Å². The number of hydrogen-bond acceptors (Lipinski definition) is 4. The number of primary amides is 1. The smallest absolute Gasteiger partial charge is 0.250 e. The molecule has 0 spiro atoms. The maximum absolute atomic E-state index is 11.0. The number of amides is 1. The molecule has 0 bridgehead atoms. The summed E-state index contributed by atoms with van der Waals surface area (Å²) in [5, 5.41) is 0. The van der Waals surface area contributed by atoms with Gasteiger partial charge in [-0.25, -0.2) is 0 Å². The zero-order valence-corrected chi connectivity index (χ0v) is 10.9. The van der Waals surface area contributed by atoms with Gasteiger partial charge >= 0.3 is 0 Å². The number of carbonyl (C=O) groups excluding carboxylic acids is 1. The van der Waals surface area contributed by atoms with E-state index in [4.69, 9.17) is 16.2 Å². The van der Waals surface area contributed by atoms with Crippen molar-refractivity contribution in [3.05, 3.63) is 47.7 Å². The van der Waals surface area contributed by atoms with Gasteiger partial charge < -0.3 is 16.2 Å². The van der Waals surface area contributed by atoms with Crippen LogP contribution in [0.4, 0.5) is 0 Å². The molecule has 1 aliphatic rings. The first-order valence-corrected chi connectivity index (χ1v) is 6.43. The van der Waals surface area contributed by atoms with E-state index in [9.17, 15) is 4.79 Å². The van der Waals surface area contributed by atoms with Crippen LogP contribution in [0.2, 0.25) is 0 Å². The lowest BCUT2D eigenvalue weighted by Crippen LogP contribution is -2.24. The highest BCUT2D eigenvalue weighted by molar-refractivity contribution is 5.92. The molecule has 1 aliphatic heterocycles. The van der Waals surface area contributed by atoms with Crippen molar-refractivity contribution in [2.75, 3.05) is 6.54 Å². The van der Waals surface area contributed by atoms with E-state index in [2.05, 4.69) is 11.1 Å². The third kappa shape index (κ3) is 2.23. The number of nitrogens with zero attached hydrogens (tertiary/aromatic N) is 1. The Morgan fingerprint density at radius 2 is 2.20 bits per heavy atom. The second kappa shape index (κ2) is 4.94. The summed E-state index contributed by atoms with van der Waals surface area (Å²) in [6.07, 6.45) is 2.37. The summed E-state index contributed by atoms with van der Waals surface area (Å²) in [5.74, 6) is 0.412. The monoisotopic (exact) mass is 269 g/mol. The minimum Gasteiger partial charge on any atom is -0.488 e. The lowest BCUT2D eigenvalue weighted by Gasteiger charge is -2.06. The van der Waals surface area contributed by atoms with Gasteiger partial charge in [0.25, 0.3) is 0 Å². The highest BCUT2D eigenvalue weighted by Gasteiger charge is 2.21. The fourth-order valence-electron chi connectivity index (χ4n) is 2.32. The van der Waals surface area contributed by atoms with Gasteiger partial charge in [-0.3, -0.25) is 9.78 Å². The Morgan fingerprint density at radius 3 is 2.85 bits per heavy atom. The molecule has 2 aromatic rings. The van der Waals surface area contributed by atoms with Crippen LogP contribution in [-0.2, 0) is 6.42 Å². The van der Waals surface area contributed by atoms with E-state index < -0.39 is 5.91 Å². The van der Waals surface area contributed by atoms with Gasteiger partial charge in [-0.15, -0.1) is 0 Å². The van der Waals surface area contributed by atoms with Gasteiger partial charge in [-0.2, -0.15) is 0 Å². The van der Waals surface area contributed by atoms with Crippen LogP contribution in [0.3, 0.4) is 0 Å². The molecule has 1 amide bonds. The van der Waals surface area contributed by atoms with Gasteiger partial charge in [0.2, 0.25) is 5.91 Å². The topological polar surface area (TPSA) is 91.2 Å². The third-order valence-corrected chi connectivity index (χ3v) is 3.41. The van der Waals surface area contributed by atoms with Gasteiger partial charge in [0, 0.05) is 24.7 Å². The molecular formula is C15H15N3O2. The van der Waals surface area contributed by atoms with Crippen molar-refractivity contribution in [3.63, 3.8) is 0 Å². The number of ether oxygens (including phenoxy) is 1. The average Bonchev–Trinajstić information content (AvgIpc) is 2.89. The van der Waals surface area contributed by atoms with Gasteiger partial charge in [0.15, 0.2) is 0 Å². The van der Waals surface area contributed by atoms with E-state index in [1.807, 2.05) is 12.1 Å². The van der Waals surface area contributed by atoms with Crippen molar-refractivity contribution < 1.29 is 9.53 Å². The first-order chi connectivity index (χ1) is 9.67. The average molecular weight is 269 g/mol. The molecule has 1 aromatic heterocycles. The first-order valence-electron chi connectivity index (χ1n) is 6.43. The summed E-state index contributed by atoms with van der Waals surface area (Å²) in [5.41, 5.74) is 14.2. The summed E-state index contributed by atoms with van der Waals surface area (Å²) < 4.78 is 5.69. The van der Waals surface area contributed by atoms with Gasteiger partial charge in [0.1, 0.15) is 11.9 Å². The van der Waals surface area contributed by atoms with E-state index in [-0.39, 0.29) is 6.10 Å². The third-order valence-electron chi connectivity index (χ3n) is 3.41. The largest absolute Gasteiger partial charge is 0.488 e. The number of aromatic nitrogens is 1. The Labute approximate surface area is 116 Å². The first kappa shape index (κ1) is 12.6. The Morgan fingerprint density at radius 1 is 1.35 bits per heavy atom. The minimum atomic E-state index is -0.475. The van der Waals surface area contributed by atoms with Crippen LogP contribution in [-0.4, -0.2) is 23.5 Å². The van der Waals surface area contributed by atoms with Crippen molar-refractivity contribution >= 4 is 5.91 Å². The summed E-state index contributed by atoms with van der Waals surface area (Å²) in [4.78, 5) is 15.3. The number of carbonyl (C=O) groups is 1. The van der Waals surface area contributed by atoms with Gasteiger partial charge in [-0.1, -0.05) is 0 Å². The van der Waals surface area contributed by atoms with Gasteiger partial charge in [0.05, 0.1) is 11.3 Å². The molecule has 3 rings (SSSR count). The van der Waals surface area contributed by atoms with Crippen LogP contribution in [0, 0.1) is 0 Å². The van der Waals surface area contributed by atoms with Crippen LogP contribution in [0.1, 0.15) is 15.9 Å². The molecule has 4 N–H and O–H groups in total. The molecule has 1 atom stereocenters. The molecular weight excluding hydrogens is 254 g/mol. The van der Waals surface area contributed by atoms with Crippen molar-refractivity contribution in [1.29, 1.82) is 0 Å². The minimum absolute atomic E-state index is 0.0606. The number of pyridine rings is 1. The molecule has 0 radical (unpaired) electrons. The second-order valence-electron chi connectivity index (χ2n) is 4.80. The quantitative estimate of drug-likeness (QED) is 0.873. The van der Waals surface area contributed by atoms with E-state index >= 15 is 0 Å². The summed E-state index contributed by atoms with van der Waals surface area (Å²) >= 11 is 0. The zero-order chi connectivity index (χ0) is 14.1. The molecule has 1 unspecified atom stereocenters. The highest BCUT2D eigenvalue weighted by atomic mass is 16.5. The van der Waals surface area contributed by atoms with E-state index in [0.29, 0.717) is 12.1 Å². The molecule has 0 fully saturated rings. The van der Waals surface area contributed by atoms with Crippen LogP contribution in [0.25, 0.3) is 11.3 Å². The Bertz CT molecular complexity index is 653. The number of rotatable bonds is 3. The van der Waals surface area contributed by atoms with Crippen molar-refractivity contribution in [3.8, 4) is 17.0 Å². The fraction of sp³-hybridized carbons (Fsp3) is 0.200. The predicted octanol–water partition coefficient (Wildman–Crippen LogP) is 1.11. The number of benzene rings is 1. The molecule has 5 nitrogen and oxygen atoms in total. The SMILES string of the molecule is NCC1Cc2cc(-c3ccc(C(N)=O)cn3)ccc2O1. The molecule has 0 saturated carbocycles. The van der Waals surface area contributed by atoms with Crippen LogP contribution in [0.5, 0.6) is 5.75 Å². The number of fused-ring (bicyclic) bond motifs is 1. The molecule has 1 aromatic carbocycles. The lowest BCUT2D eigenvalue weighted by atomic mass is 10.0. The second-order valence-corrected chi connectivity index (χ2v) is 4.80. The fourth-order valence-corrected chi connectivity index (χ4v) is 2.32. The summed E-state index contributed by atoms with van der Waals surface area (Å²) in [7, 11) is 0. The highest BCUT2D eigenvalue weighted by Crippen LogP contribution is 2.32. The van der Waals surface area contributed by atoms with Gasteiger partial charge in [-0.05, 0) is 35.9 Å². The maximum Gasteiger partial charge on any atom is 0.250 e. The Kier molecular flexibility index (Phi) is 3.12. The lowest BCUT2D eigenvalue weighted by molar-refractivity contribution is 0.1000.